The van der Waals surface area contributed by atoms with Gasteiger partial charge in [-0.05, 0) is 13.0 Å². The number of furan rings is 1. The van der Waals surface area contributed by atoms with Crippen LogP contribution in [0.3, 0.4) is 0 Å². The Hall–Kier alpha value is -2.83. The van der Waals surface area contributed by atoms with E-state index >= 15 is 0 Å². The first-order valence-corrected chi connectivity index (χ1v) is 8.82. The van der Waals surface area contributed by atoms with Gasteiger partial charge in [0.05, 0.1) is 6.54 Å². The molecule has 0 atom stereocenters. The Balaban J connectivity index is 1.52. The van der Waals surface area contributed by atoms with Crippen molar-refractivity contribution in [3.63, 3.8) is 0 Å². The number of aromatic nitrogens is 2. The summed E-state index contributed by atoms with van der Waals surface area (Å²) in [5.74, 6) is 3.25. The second-order valence-electron chi connectivity index (χ2n) is 6.45. The second-order valence-corrected chi connectivity index (χ2v) is 6.45. The Morgan fingerprint density at radius 1 is 1.23 bits per heavy atom. The highest BCUT2D eigenvalue weighted by molar-refractivity contribution is 5.82. The van der Waals surface area contributed by atoms with Gasteiger partial charge >= 0.3 is 0 Å². The van der Waals surface area contributed by atoms with Crippen LogP contribution in [0, 0.1) is 6.92 Å². The van der Waals surface area contributed by atoms with E-state index in [1.807, 2.05) is 32.0 Å². The van der Waals surface area contributed by atoms with E-state index in [2.05, 4.69) is 38.8 Å². The number of aryl methyl sites for hydroxylation is 1. The zero-order valence-electron chi connectivity index (χ0n) is 15.7. The van der Waals surface area contributed by atoms with Gasteiger partial charge in [0.25, 0.3) is 0 Å². The van der Waals surface area contributed by atoms with E-state index < -0.39 is 0 Å². The minimum absolute atomic E-state index is 0.266. The molecule has 0 fully saturated rings. The number of para-hydroxylation sites is 1. The summed E-state index contributed by atoms with van der Waals surface area (Å²) in [5, 5.41) is 11.6. The molecule has 26 heavy (non-hydrogen) atoms. The topological polar surface area (TPSA) is 88.5 Å². The summed E-state index contributed by atoms with van der Waals surface area (Å²) in [6.07, 6.45) is 0.643. The molecule has 0 saturated heterocycles. The second kappa shape index (κ2) is 8.03. The molecular formula is C19H25N5O2. The average molecular weight is 355 g/mol. The fourth-order valence-electron chi connectivity index (χ4n) is 2.67. The van der Waals surface area contributed by atoms with Gasteiger partial charge in [-0.3, -0.25) is 4.99 Å². The maximum absolute atomic E-state index is 5.91. The van der Waals surface area contributed by atoms with Gasteiger partial charge in [-0.25, -0.2) is 0 Å². The molecule has 138 valence electrons. The molecule has 0 unspecified atom stereocenters. The predicted molar refractivity (Wildman–Crippen MR) is 101 cm³/mol. The third kappa shape index (κ3) is 4.04. The lowest BCUT2D eigenvalue weighted by Gasteiger charge is -2.10. The highest BCUT2D eigenvalue weighted by Gasteiger charge is 2.11. The highest BCUT2D eigenvalue weighted by Crippen LogP contribution is 2.24. The number of hydrogen-bond acceptors (Lipinski definition) is 5. The van der Waals surface area contributed by atoms with E-state index in [1.54, 1.807) is 7.05 Å². The molecule has 0 bridgehead atoms. The van der Waals surface area contributed by atoms with Crippen LogP contribution < -0.4 is 10.6 Å². The number of fused-ring (bicyclic) bond motifs is 1. The number of aliphatic imine (C=N–C) groups is 1. The quantitative estimate of drug-likeness (QED) is 0.522. The first kappa shape index (κ1) is 18.0. The van der Waals surface area contributed by atoms with Gasteiger partial charge in [0.1, 0.15) is 11.3 Å². The van der Waals surface area contributed by atoms with Crippen molar-refractivity contribution in [3.05, 3.63) is 47.3 Å². The van der Waals surface area contributed by atoms with Crippen LogP contribution in [-0.2, 0) is 13.0 Å². The SMILES string of the molecule is CN=C(NCCc1nc(C(C)C)no1)NCc1oc2ccccc2c1C. The summed E-state index contributed by atoms with van der Waals surface area (Å²) in [5.41, 5.74) is 2.05. The summed E-state index contributed by atoms with van der Waals surface area (Å²) in [4.78, 5) is 8.61. The number of rotatable bonds is 6. The van der Waals surface area contributed by atoms with Crippen molar-refractivity contribution in [2.75, 3.05) is 13.6 Å². The highest BCUT2D eigenvalue weighted by atomic mass is 16.5. The summed E-state index contributed by atoms with van der Waals surface area (Å²) in [7, 11) is 1.74. The van der Waals surface area contributed by atoms with E-state index in [0.29, 0.717) is 31.4 Å². The molecule has 0 spiro atoms. The molecule has 0 radical (unpaired) electrons. The normalized spacial score (nSPS) is 12.1. The zero-order chi connectivity index (χ0) is 18.5. The van der Waals surface area contributed by atoms with Gasteiger partial charge in [-0.15, -0.1) is 0 Å². The van der Waals surface area contributed by atoms with Crippen molar-refractivity contribution in [2.45, 2.75) is 39.7 Å². The maximum atomic E-state index is 5.91. The van der Waals surface area contributed by atoms with Crippen molar-refractivity contribution in [3.8, 4) is 0 Å². The van der Waals surface area contributed by atoms with Gasteiger partial charge in [0, 0.05) is 36.9 Å². The Kier molecular flexibility index (Phi) is 5.55. The Morgan fingerprint density at radius 3 is 2.73 bits per heavy atom. The molecule has 0 aliphatic heterocycles. The number of nitrogens with zero attached hydrogens (tertiary/aromatic N) is 3. The monoisotopic (exact) mass is 355 g/mol. The van der Waals surface area contributed by atoms with Crippen LogP contribution in [0.4, 0.5) is 0 Å². The molecule has 7 nitrogen and oxygen atoms in total. The van der Waals surface area contributed by atoms with Crippen molar-refractivity contribution >= 4 is 16.9 Å². The molecule has 0 amide bonds. The molecule has 2 N–H and O–H groups in total. The Labute approximate surface area is 152 Å². The molecular weight excluding hydrogens is 330 g/mol. The van der Waals surface area contributed by atoms with Crippen LogP contribution in [0.1, 0.15) is 42.8 Å². The minimum Gasteiger partial charge on any atom is -0.459 e. The molecule has 0 aliphatic rings. The van der Waals surface area contributed by atoms with Gasteiger partial charge < -0.3 is 19.6 Å². The van der Waals surface area contributed by atoms with E-state index in [0.717, 1.165) is 28.1 Å². The van der Waals surface area contributed by atoms with E-state index in [4.69, 9.17) is 8.94 Å². The molecule has 0 aliphatic carbocycles. The molecule has 7 heteroatoms. The van der Waals surface area contributed by atoms with Crippen molar-refractivity contribution in [1.29, 1.82) is 0 Å². The Morgan fingerprint density at radius 2 is 2.04 bits per heavy atom. The largest absolute Gasteiger partial charge is 0.459 e. The molecule has 2 heterocycles. The van der Waals surface area contributed by atoms with Crippen LogP contribution in [0.5, 0.6) is 0 Å². The standard InChI is InChI=1S/C19H25N5O2/c1-12(2)18-23-17(26-24-18)9-10-21-19(20-4)22-11-16-13(3)14-7-5-6-8-15(14)25-16/h5-8,12H,9-11H2,1-4H3,(H2,20,21,22). The fourth-order valence-corrected chi connectivity index (χ4v) is 2.67. The summed E-state index contributed by atoms with van der Waals surface area (Å²) in [6.45, 7) is 7.37. The van der Waals surface area contributed by atoms with E-state index in [9.17, 15) is 0 Å². The maximum Gasteiger partial charge on any atom is 0.228 e. The number of benzene rings is 1. The first-order chi connectivity index (χ1) is 12.6. The average Bonchev–Trinajstić information content (AvgIpc) is 3.23. The van der Waals surface area contributed by atoms with Crippen LogP contribution >= 0.6 is 0 Å². The third-order valence-electron chi connectivity index (χ3n) is 4.21. The van der Waals surface area contributed by atoms with Crippen LogP contribution in [0.2, 0.25) is 0 Å². The van der Waals surface area contributed by atoms with Gasteiger partial charge in [-0.1, -0.05) is 37.2 Å². The summed E-state index contributed by atoms with van der Waals surface area (Å²) >= 11 is 0. The molecule has 3 rings (SSSR count). The molecule has 0 saturated carbocycles. The third-order valence-corrected chi connectivity index (χ3v) is 4.21. The van der Waals surface area contributed by atoms with Crippen molar-refractivity contribution in [2.24, 2.45) is 4.99 Å². The number of guanidine groups is 1. The first-order valence-electron chi connectivity index (χ1n) is 8.82. The number of hydrogen-bond donors (Lipinski definition) is 2. The smallest absolute Gasteiger partial charge is 0.228 e. The molecule has 1 aromatic carbocycles. The summed E-state index contributed by atoms with van der Waals surface area (Å²) in [6, 6.07) is 8.05. The van der Waals surface area contributed by atoms with Crippen molar-refractivity contribution in [1.82, 2.24) is 20.8 Å². The zero-order valence-corrected chi connectivity index (χ0v) is 15.7. The summed E-state index contributed by atoms with van der Waals surface area (Å²) < 4.78 is 11.2. The lowest BCUT2D eigenvalue weighted by atomic mass is 10.1. The number of nitrogens with one attached hydrogen (secondary N) is 2. The van der Waals surface area contributed by atoms with Crippen molar-refractivity contribution < 1.29 is 8.94 Å². The minimum atomic E-state index is 0.266. The lowest BCUT2D eigenvalue weighted by molar-refractivity contribution is 0.371. The van der Waals surface area contributed by atoms with Gasteiger partial charge in [0.15, 0.2) is 11.8 Å². The van der Waals surface area contributed by atoms with Crippen LogP contribution in [-0.4, -0.2) is 29.7 Å². The van der Waals surface area contributed by atoms with Crippen LogP contribution in [0.25, 0.3) is 11.0 Å². The van der Waals surface area contributed by atoms with E-state index in [1.165, 1.54) is 0 Å². The lowest BCUT2D eigenvalue weighted by Crippen LogP contribution is -2.37. The van der Waals surface area contributed by atoms with E-state index in [-0.39, 0.29) is 5.92 Å². The molecule has 2 aromatic heterocycles. The van der Waals surface area contributed by atoms with Gasteiger partial charge in [-0.2, -0.15) is 4.98 Å². The Bertz CT molecular complexity index is 894. The predicted octanol–water partition coefficient (Wildman–Crippen LogP) is 3.16. The fraction of sp³-hybridized carbons (Fsp3) is 0.421. The molecule has 3 aromatic rings. The van der Waals surface area contributed by atoms with Crippen LogP contribution in [0.15, 0.2) is 38.2 Å². The van der Waals surface area contributed by atoms with Gasteiger partial charge in [0.2, 0.25) is 5.89 Å².